The second kappa shape index (κ2) is 10.2. The van der Waals surface area contributed by atoms with Gasteiger partial charge in [0.25, 0.3) is 0 Å². The lowest BCUT2D eigenvalue weighted by atomic mass is 10.1. The van der Waals surface area contributed by atoms with Crippen LogP contribution in [0, 0.1) is 20.8 Å². The number of amides is 1. The first-order valence-electron chi connectivity index (χ1n) is 10.2. The van der Waals surface area contributed by atoms with Crippen molar-refractivity contribution in [2.45, 2.75) is 27.2 Å². The summed E-state index contributed by atoms with van der Waals surface area (Å²) in [6.07, 6.45) is 4.30. The number of hydrogen-bond donors (Lipinski definition) is 1. The molecule has 1 fully saturated rings. The van der Waals surface area contributed by atoms with Crippen LogP contribution in [-0.4, -0.2) is 66.7 Å². The average Bonchev–Trinajstić information content (AvgIpc) is 2.72. The Morgan fingerprint density at radius 3 is 2.55 bits per heavy atom. The van der Waals surface area contributed by atoms with Crippen LogP contribution in [0.15, 0.2) is 30.6 Å². The van der Waals surface area contributed by atoms with E-state index in [-0.39, 0.29) is 5.91 Å². The molecule has 1 aliphatic rings. The van der Waals surface area contributed by atoms with Gasteiger partial charge in [0.15, 0.2) is 0 Å². The molecular weight excluding hydrogens is 366 g/mol. The van der Waals surface area contributed by atoms with Gasteiger partial charge in [0.05, 0.1) is 13.2 Å². The van der Waals surface area contributed by atoms with Crippen molar-refractivity contribution in [3.8, 4) is 5.75 Å². The maximum Gasteiger partial charge on any atom is 0.234 e. The highest BCUT2D eigenvalue weighted by Crippen LogP contribution is 2.23. The van der Waals surface area contributed by atoms with Crippen LogP contribution in [0.3, 0.4) is 0 Å². The van der Waals surface area contributed by atoms with Crippen molar-refractivity contribution < 1.29 is 9.53 Å². The summed E-state index contributed by atoms with van der Waals surface area (Å²) in [6, 6.07) is 6.05. The van der Waals surface area contributed by atoms with Gasteiger partial charge >= 0.3 is 0 Å². The van der Waals surface area contributed by atoms with Gasteiger partial charge in [-0.1, -0.05) is 6.07 Å². The Morgan fingerprint density at radius 1 is 1.10 bits per heavy atom. The lowest BCUT2D eigenvalue weighted by Gasteiger charge is -2.34. The first kappa shape index (κ1) is 21.0. The maximum absolute atomic E-state index is 12.2. The highest BCUT2D eigenvalue weighted by Gasteiger charge is 2.20. The van der Waals surface area contributed by atoms with E-state index in [0.717, 1.165) is 44.3 Å². The minimum Gasteiger partial charge on any atom is -0.493 e. The Kier molecular flexibility index (Phi) is 7.41. The third-order valence-corrected chi connectivity index (χ3v) is 5.24. The number of ether oxygens (including phenoxy) is 1. The van der Waals surface area contributed by atoms with Crippen LogP contribution in [0.25, 0.3) is 0 Å². The largest absolute Gasteiger partial charge is 0.493 e. The fourth-order valence-electron chi connectivity index (χ4n) is 3.45. The van der Waals surface area contributed by atoms with Crippen LogP contribution in [0.4, 0.5) is 5.95 Å². The molecule has 29 heavy (non-hydrogen) atoms. The molecule has 1 aliphatic heterocycles. The molecule has 1 aromatic heterocycles. The van der Waals surface area contributed by atoms with Gasteiger partial charge in [-0.15, -0.1) is 0 Å². The van der Waals surface area contributed by atoms with Gasteiger partial charge in [0, 0.05) is 45.1 Å². The van der Waals surface area contributed by atoms with E-state index in [1.54, 1.807) is 12.4 Å². The molecule has 0 saturated carbocycles. The maximum atomic E-state index is 12.2. The number of hydrogen-bond acceptors (Lipinski definition) is 6. The summed E-state index contributed by atoms with van der Waals surface area (Å²) in [6.45, 7) is 11.2. The molecular formula is C22H31N5O2. The number of rotatable bonds is 8. The SMILES string of the molecule is Cc1cc(C)c(C)c(OCCCNC(=O)CN2CCN(c3ncccn3)CC2)c1. The summed E-state index contributed by atoms with van der Waals surface area (Å²) in [5.74, 6) is 1.77. The van der Waals surface area contributed by atoms with Crippen LogP contribution < -0.4 is 15.0 Å². The van der Waals surface area contributed by atoms with Crippen molar-refractivity contribution in [1.29, 1.82) is 0 Å². The molecule has 7 nitrogen and oxygen atoms in total. The Labute approximate surface area is 173 Å². The summed E-state index contributed by atoms with van der Waals surface area (Å²) in [4.78, 5) is 25.1. The van der Waals surface area contributed by atoms with Crippen LogP contribution in [-0.2, 0) is 4.79 Å². The third kappa shape index (κ3) is 6.15. The molecule has 156 valence electrons. The minimum absolute atomic E-state index is 0.0667. The molecule has 1 N–H and O–H groups in total. The molecule has 1 amide bonds. The molecule has 1 saturated heterocycles. The number of benzene rings is 1. The predicted molar refractivity (Wildman–Crippen MR) is 114 cm³/mol. The van der Waals surface area contributed by atoms with Gasteiger partial charge in [0.2, 0.25) is 11.9 Å². The Morgan fingerprint density at radius 2 is 1.83 bits per heavy atom. The monoisotopic (exact) mass is 397 g/mol. The van der Waals surface area contributed by atoms with E-state index in [1.807, 2.05) is 6.07 Å². The zero-order valence-electron chi connectivity index (χ0n) is 17.6. The topological polar surface area (TPSA) is 70.6 Å². The molecule has 0 atom stereocenters. The molecule has 0 spiro atoms. The lowest BCUT2D eigenvalue weighted by molar-refractivity contribution is -0.122. The summed E-state index contributed by atoms with van der Waals surface area (Å²) in [5.41, 5.74) is 3.63. The number of aryl methyl sites for hydroxylation is 2. The standard InChI is InChI=1S/C22H31N5O2/c1-17-14-18(2)19(3)20(15-17)29-13-5-8-23-21(28)16-26-9-11-27(12-10-26)22-24-6-4-7-25-22/h4,6-7,14-15H,5,8-13,16H2,1-3H3,(H,23,28). The summed E-state index contributed by atoms with van der Waals surface area (Å²) in [5, 5.41) is 3.00. The minimum atomic E-state index is 0.0667. The van der Waals surface area contributed by atoms with Gasteiger partial charge < -0.3 is 15.0 Å². The van der Waals surface area contributed by atoms with Gasteiger partial charge in [-0.2, -0.15) is 0 Å². The van der Waals surface area contributed by atoms with E-state index in [1.165, 1.54) is 16.7 Å². The third-order valence-electron chi connectivity index (χ3n) is 5.24. The molecule has 0 bridgehead atoms. The molecule has 1 aromatic carbocycles. The van der Waals surface area contributed by atoms with Crippen LogP contribution in [0.2, 0.25) is 0 Å². The number of aromatic nitrogens is 2. The quantitative estimate of drug-likeness (QED) is 0.688. The zero-order valence-corrected chi connectivity index (χ0v) is 17.6. The molecule has 2 heterocycles. The van der Waals surface area contributed by atoms with E-state index in [0.29, 0.717) is 19.7 Å². The first-order chi connectivity index (χ1) is 14.0. The fourth-order valence-corrected chi connectivity index (χ4v) is 3.45. The van der Waals surface area contributed by atoms with Crippen molar-refractivity contribution in [2.75, 3.05) is 50.8 Å². The molecule has 7 heteroatoms. The van der Waals surface area contributed by atoms with E-state index in [2.05, 4.69) is 58.0 Å². The predicted octanol–water partition coefficient (Wildman–Crippen LogP) is 2.11. The molecule has 0 radical (unpaired) electrons. The smallest absolute Gasteiger partial charge is 0.234 e. The number of piperazine rings is 1. The summed E-state index contributed by atoms with van der Waals surface area (Å²) in [7, 11) is 0. The second-order valence-electron chi connectivity index (χ2n) is 7.57. The van der Waals surface area contributed by atoms with E-state index in [4.69, 9.17) is 4.74 Å². The van der Waals surface area contributed by atoms with Crippen LogP contribution in [0.5, 0.6) is 5.75 Å². The van der Waals surface area contributed by atoms with Crippen LogP contribution in [0.1, 0.15) is 23.1 Å². The Bertz CT molecular complexity index is 804. The lowest BCUT2D eigenvalue weighted by Crippen LogP contribution is -2.50. The van der Waals surface area contributed by atoms with Crippen molar-refractivity contribution >= 4 is 11.9 Å². The van der Waals surface area contributed by atoms with Crippen molar-refractivity contribution in [1.82, 2.24) is 20.2 Å². The van der Waals surface area contributed by atoms with Gasteiger partial charge in [-0.05, 0) is 56.0 Å². The van der Waals surface area contributed by atoms with E-state index in [9.17, 15) is 4.79 Å². The van der Waals surface area contributed by atoms with Gasteiger partial charge in [-0.25, -0.2) is 9.97 Å². The van der Waals surface area contributed by atoms with Crippen LogP contribution >= 0.6 is 0 Å². The van der Waals surface area contributed by atoms with Crippen molar-refractivity contribution in [3.05, 3.63) is 47.3 Å². The van der Waals surface area contributed by atoms with Crippen molar-refractivity contribution in [2.24, 2.45) is 0 Å². The molecule has 2 aromatic rings. The number of anilines is 1. The second-order valence-corrected chi connectivity index (χ2v) is 7.57. The summed E-state index contributed by atoms with van der Waals surface area (Å²) < 4.78 is 5.90. The van der Waals surface area contributed by atoms with Crippen molar-refractivity contribution in [3.63, 3.8) is 0 Å². The first-order valence-corrected chi connectivity index (χ1v) is 10.2. The van der Waals surface area contributed by atoms with E-state index < -0.39 is 0 Å². The highest BCUT2D eigenvalue weighted by atomic mass is 16.5. The molecule has 0 unspecified atom stereocenters. The van der Waals surface area contributed by atoms with Gasteiger partial charge in [0.1, 0.15) is 5.75 Å². The fraction of sp³-hybridized carbons (Fsp3) is 0.500. The highest BCUT2D eigenvalue weighted by molar-refractivity contribution is 5.78. The Balaban J connectivity index is 1.31. The van der Waals surface area contributed by atoms with E-state index >= 15 is 0 Å². The number of carbonyl (C=O) groups excluding carboxylic acids is 1. The zero-order chi connectivity index (χ0) is 20.6. The summed E-state index contributed by atoms with van der Waals surface area (Å²) >= 11 is 0. The normalized spacial score (nSPS) is 14.7. The molecule has 3 rings (SSSR count). The number of carbonyl (C=O) groups is 1. The molecule has 0 aliphatic carbocycles. The number of nitrogens with one attached hydrogen (secondary N) is 1. The van der Waals surface area contributed by atoms with Gasteiger partial charge in [-0.3, -0.25) is 9.69 Å². The average molecular weight is 398 g/mol. The number of nitrogens with zero attached hydrogens (tertiary/aromatic N) is 4. The Hall–Kier alpha value is -2.67.